The minimum Gasteiger partial charge on any atom is -0.356 e. The fraction of sp³-hybridized carbons (Fsp3) is 0.625. The van der Waals surface area contributed by atoms with Crippen molar-refractivity contribution >= 4 is 11.7 Å². The molecule has 1 aromatic rings. The second kappa shape index (κ2) is 6.89. The van der Waals surface area contributed by atoms with Crippen LogP contribution in [0.1, 0.15) is 42.5 Å². The van der Waals surface area contributed by atoms with Gasteiger partial charge < -0.3 is 15.5 Å². The van der Waals surface area contributed by atoms with Gasteiger partial charge in [-0.3, -0.25) is 4.79 Å². The number of amides is 1. The summed E-state index contributed by atoms with van der Waals surface area (Å²) in [4.78, 5) is 19.3. The van der Waals surface area contributed by atoms with Crippen molar-refractivity contribution in [3.05, 3.63) is 23.9 Å². The van der Waals surface area contributed by atoms with Crippen LogP contribution in [0, 0.1) is 0 Å². The van der Waals surface area contributed by atoms with Gasteiger partial charge in [-0.15, -0.1) is 0 Å². The first kappa shape index (κ1) is 14.3. The van der Waals surface area contributed by atoms with E-state index in [-0.39, 0.29) is 11.9 Å². The molecular weight excluding hydrogens is 264 g/mol. The van der Waals surface area contributed by atoms with Crippen LogP contribution in [0.2, 0.25) is 0 Å². The maximum absolute atomic E-state index is 12.6. The first-order valence-corrected chi connectivity index (χ1v) is 8.06. The van der Waals surface area contributed by atoms with Crippen LogP contribution >= 0.6 is 0 Å². The third kappa shape index (κ3) is 3.53. The molecule has 5 heteroatoms. The van der Waals surface area contributed by atoms with E-state index in [1.165, 1.54) is 19.3 Å². The monoisotopic (exact) mass is 288 g/mol. The van der Waals surface area contributed by atoms with Crippen LogP contribution in [-0.2, 0) is 0 Å². The molecule has 5 nitrogen and oxygen atoms in total. The lowest BCUT2D eigenvalue weighted by atomic mass is 10.1. The second-order valence-electron chi connectivity index (χ2n) is 5.94. The number of hydrogen-bond acceptors (Lipinski definition) is 4. The molecule has 1 atom stereocenters. The summed E-state index contributed by atoms with van der Waals surface area (Å²) in [7, 11) is 0. The Balaban J connectivity index is 1.72. The van der Waals surface area contributed by atoms with Gasteiger partial charge in [-0.05, 0) is 50.8 Å². The zero-order valence-corrected chi connectivity index (χ0v) is 12.5. The van der Waals surface area contributed by atoms with Crippen LogP contribution in [0.4, 0.5) is 5.82 Å². The Labute approximate surface area is 126 Å². The Hall–Kier alpha value is -1.62. The highest BCUT2D eigenvalue weighted by molar-refractivity contribution is 5.99. The van der Waals surface area contributed by atoms with Gasteiger partial charge in [0, 0.05) is 31.9 Å². The van der Waals surface area contributed by atoms with Crippen molar-refractivity contribution in [2.45, 2.75) is 38.1 Å². The van der Waals surface area contributed by atoms with E-state index < -0.39 is 0 Å². The second-order valence-corrected chi connectivity index (χ2v) is 5.94. The number of anilines is 1. The van der Waals surface area contributed by atoms with E-state index in [0.717, 1.165) is 44.8 Å². The van der Waals surface area contributed by atoms with Crippen molar-refractivity contribution in [3.63, 3.8) is 0 Å². The van der Waals surface area contributed by atoms with Crippen molar-refractivity contribution in [3.8, 4) is 0 Å². The summed E-state index contributed by atoms with van der Waals surface area (Å²) in [6.45, 7) is 3.92. The molecule has 1 aromatic heterocycles. The molecule has 21 heavy (non-hydrogen) atoms. The topological polar surface area (TPSA) is 57.3 Å². The fourth-order valence-corrected chi connectivity index (χ4v) is 3.17. The number of carbonyl (C=O) groups excluding carboxylic acids is 1. The van der Waals surface area contributed by atoms with Crippen molar-refractivity contribution in [1.82, 2.24) is 15.6 Å². The molecule has 2 N–H and O–H groups in total. The molecule has 0 aliphatic carbocycles. The van der Waals surface area contributed by atoms with Crippen LogP contribution in [0.5, 0.6) is 0 Å². The first-order chi connectivity index (χ1) is 10.3. The van der Waals surface area contributed by atoms with Gasteiger partial charge >= 0.3 is 0 Å². The molecule has 114 valence electrons. The predicted octanol–water partition coefficient (Wildman–Crippen LogP) is 1.55. The Morgan fingerprint density at radius 1 is 1.29 bits per heavy atom. The largest absolute Gasteiger partial charge is 0.356 e. The minimum absolute atomic E-state index is 0.0115. The number of aromatic nitrogens is 1. The summed E-state index contributed by atoms with van der Waals surface area (Å²) in [5.41, 5.74) is 0.713. The lowest BCUT2D eigenvalue weighted by Gasteiger charge is -2.30. The van der Waals surface area contributed by atoms with Gasteiger partial charge in [0.2, 0.25) is 0 Å². The Bertz CT molecular complexity index is 479. The Morgan fingerprint density at radius 3 is 2.90 bits per heavy atom. The number of pyridine rings is 1. The summed E-state index contributed by atoms with van der Waals surface area (Å²) in [6.07, 6.45) is 7.60. The smallest absolute Gasteiger partial charge is 0.255 e. The van der Waals surface area contributed by atoms with Gasteiger partial charge in [-0.1, -0.05) is 0 Å². The number of piperidine rings is 2. The van der Waals surface area contributed by atoms with E-state index in [1.807, 2.05) is 12.1 Å². The van der Waals surface area contributed by atoms with E-state index in [0.29, 0.717) is 5.56 Å². The number of rotatable bonds is 3. The van der Waals surface area contributed by atoms with Crippen LogP contribution < -0.4 is 15.5 Å². The van der Waals surface area contributed by atoms with Gasteiger partial charge in [0.05, 0.1) is 5.56 Å². The van der Waals surface area contributed by atoms with Gasteiger partial charge in [-0.2, -0.15) is 0 Å². The molecular formula is C16H24N4O. The number of hydrogen-bond donors (Lipinski definition) is 2. The lowest BCUT2D eigenvalue weighted by Crippen LogP contribution is -2.46. The highest BCUT2D eigenvalue weighted by Crippen LogP contribution is 2.21. The van der Waals surface area contributed by atoms with Crippen molar-refractivity contribution in [2.75, 3.05) is 31.1 Å². The highest BCUT2D eigenvalue weighted by Gasteiger charge is 2.22. The fourth-order valence-electron chi connectivity index (χ4n) is 3.17. The average Bonchev–Trinajstić information content (AvgIpc) is 2.56. The maximum Gasteiger partial charge on any atom is 0.255 e. The maximum atomic E-state index is 12.6. The van der Waals surface area contributed by atoms with Crippen LogP contribution in [-0.4, -0.2) is 43.1 Å². The summed E-state index contributed by atoms with van der Waals surface area (Å²) < 4.78 is 0. The molecule has 0 spiro atoms. The number of carbonyl (C=O) groups is 1. The third-order valence-electron chi connectivity index (χ3n) is 4.32. The molecule has 3 rings (SSSR count). The summed E-state index contributed by atoms with van der Waals surface area (Å²) >= 11 is 0. The molecule has 1 amide bonds. The Morgan fingerprint density at radius 2 is 2.14 bits per heavy atom. The van der Waals surface area contributed by atoms with Gasteiger partial charge in [0.1, 0.15) is 5.82 Å². The molecule has 3 heterocycles. The van der Waals surface area contributed by atoms with Crippen LogP contribution in [0.15, 0.2) is 18.3 Å². The Kier molecular flexibility index (Phi) is 4.70. The highest BCUT2D eigenvalue weighted by atomic mass is 16.1. The van der Waals surface area contributed by atoms with Crippen molar-refractivity contribution in [1.29, 1.82) is 0 Å². The lowest BCUT2D eigenvalue weighted by molar-refractivity contribution is 0.0931. The zero-order valence-electron chi connectivity index (χ0n) is 12.5. The molecule has 2 fully saturated rings. The molecule has 0 aromatic carbocycles. The normalized spacial score (nSPS) is 22.9. The summed E-state index contributed by atoms with van der Waals surface area (Å²) in [6, 6.07) is 3.98. The minimum atomic E-state index is 0.0115. The summed E-state index contributed by atoms with van der Waals surface area (Å²) in [5.74, 6) is 0.857. The molecule has 2 saturated heterocycles. The van der Waals surface area contributed by atoms with Crippen molar-refractivity contribution < 1.29 is 4.79 Å². The van der Waals surface area contributed by atoms with E-state index in [4.69, 9.17) is 0 Å². The first-order valence-electron chi connectivity index (χ1n) is 8.06. The van der Waals surface area contributed by atoms with Gasteiger partial charge in [0.25, 0.3) is 5.91 Å². The SMILES string of the molecule is O=C(NC1CCCNC1)c1cccnc1N1CCCCC1. The average molecular weight is 288 g/mol. The quantitative estimate of drug-likeness (QED) is 0.886. The van der Waals surface area contributed by atoms with E-state index in [9.17, 15) is 4.79 Å². The number of nitrogens with one attached hydrogen (secondary N) is 2. The van der Waals surface area contributed by atoms with Crippen molar-refractivity contribution in [2.24, 2.45) is 0 Å². The molecule has 0 radical (unpaired) electrons. The van der Waals surface area contributed by atoms with Crippen LogP contribution in [0.25, 0.3) is 0 Å². The zero-order chi connectivity index (χ0) is 14.5. The number of nitrogens with zero attached hydrogens (tertiary/aromatic N) is 2. The van der Waals surface area contributed by atoms with Gasteiger partial charge in [0.15, 0.2) is 0 Å². The van der Waals surface area contributed by atoms with E-state index in [2.05, 4.69) is 20.5 Å². The molecule has 2 aliphatic heterocycles. The predicted molar refractivity (Wildman–Crippen MR) is 83.7 cm³/mol. The van der Waals surface area contributed by atoms with E-state index >= 15 is 0 Å². The van der Waals surface area contributed by atoms with E-state index in [1.54, 1.807) is 6.20 Å². The standard InChI is InChI=1S/C16H24N4O/c21-16(19-13-6-4-8-17-12-13)14-7-5-9-18-15(14)20-10-2-1-3-11-20/h5,7,9,13,17H,1-4,6,8,10-12H2,(H,19,21). The molecule has 2 aliphatic rings. The third-order valence-corrected chi connectivity index (χ3v) is 4.32. The molecule has 0 saturated carbocycles. The van der Waals surface area contributed by atoms with Gasteiger partial charge in [-0.25, -0.2) is 4.98 Å². The van der Waals surface area contributed by atoms with Crippen LogP contribution in [0.3, 0.4) is 0 Å². The molecule has 1 unspecified atom stereocenters. The summed E-state index contributed by atoms with van der Waals surface area (Å²) in [5, 5.41) is 6.48. The molecule has 0 bridgehead atoms.